The van der Waals surface area contributed by atoms with Crippen LogP contribution in [-0.2, 0) is 13.6 Å². The molecule has 0 radical (unpaired) electrons. The largest absolute Gasteiger partial charge is 0.389 e. The quantitative estimate of drug-likeness (QED) is 0.797. The predicted octanol–water partition coefficient (Wildman–Crippen LogP) is -0.00770. The van der Waals surface area contributed by atoms with E-state index in [0.29, 0.717) is 6.54 Å². The van der Waals surface area contributed by atoms with Gasteiger partial charge in [-0.3, -0.25) is 13.9 Å². The normalized spacial score (nSPS) is 12.0. The highest BCUT2D eigenvalue weighted by Gasteiger charge is 2.23. The minimum atomic E-state index is -0.981. The Morgan fingerprint density at radius 2 is 1.86 bits per heavy atom. The van der Waals surface area contributed by atoms with Crippen LogP contribution in [0.2, 0.25) is 0 Å². The summed E-state index contributed by atoms with van der Waals surface area (Å²) in [5.74, 6) is 0.360. The summed E-state index contributed by atoms with van der Waals surface area (Å²) in [5, 5.41) is 9.91. The topological polar surface area (TPSA) is 93.5 Å². The molecule has 0 bridgehead atoms. The van der Waals surface area contributed by atoms with Gasteiger partial charge in [0.25, 0.3) is 5.56 Å². The zero-order valence-corrected chi connectivity index (χ0v) is 13.7. The maximum atomic E-state index is 12.3. The number of aliphatic hydroxyl groups is 1. The molecule has 21 heavy (non-hydrogen) atoms. The van der Waals surface area contributed by atoms with Crippen LogP contribution in [0.1, 0.15) is 27.7 Å². The molecule has 0 aromatic carbocycles. The molecule has 1 rings (SSSR count). The van der Waals surface area contributed by atoms with E-state index in [9.17, 15) is 14.7 Å². The van der Waals surface area contributed by atoms with Gasteiger partial charge in [0.1, 0.15) is 11.5 Å². The zero-order chi connectivity index (χ0) is 16.5. The van der Waals surface area contributed by atoms with Crippen LogP contribution in [0.3, 0.4) is 0 Å². The fraction of sp³-hybridized carbons (Fsp3) is 0.714. The third kappa shape index (κ3) is 3.87. The molecule has 0 atom stereocenters. The van der Waals surface area contributed by atoms with Crippen LogP contribution in [0.15, 0.2) is 9.59 Å². The van der Waals surface area contributed by atoms with E-state index in [1.54, 1.807) is 25.8 Å². The second kappa shape index (κ2) is 5.93. The van der Waals surface area contributed by atoms with E-state index in [2.05, 4.69) is 0 Å². The average molecular weight is 298 g/mol. The number of nitrogens with two attached hydrogens (primary N) is 1. The van der Waals surface area contributed by atoms with Gasteiger partial charge < -0.3 is 15.7 Å². The van der Waals surface area contributed by atoms with Gasteiger partial charge in [0.2, 0.25) is 0 Å². The molecule has 1 aromatic heterocycles. The summed E-state index contributed by atoms with van der Waals surface area (Å²) in [6, 6.07) is 0. The highest BCUT2D eigenvalue weighted by molar-refractivity contribution is 5.62. The molecule has 0 saturated carbocycles. The van der Waals surface area contributed by atoms with Gasteiger partial charge in [-0.25, -0.2) is 4.79 Å². The van der Waals surface area contributed by atoms with Gasteiger partial charge in [-0.1, -0.05) is 13.8 Å². The second-order valence-electron chi connectivity index (χ2n) is 6.55. The lowest BCUT2D eigenvalue weighted by atomic mass is 10.1. The van der Waals surface area contributed by atoms with Gasteiger partial charge in [0.15, 0.2) is 0 Å². The van der Waals surface area contributed by atoms with Crippen molar-refractivity contribution in [2.24, 2.45) is 13.0 Å². The Balaban J connectivity index is 3.49. The zero-order valence-electron chi connectivity index (χ0n) is 13.7. The lowest BCUT2D eigenvalue weighted by Crippen LogP contribution is -2.45. The first-order valence-electron chi connectivity index (χ1n) is 6.98. The number of anilines is 2. The minimum Gasteiger partial charge on any atom is -0.389 e. The molecule has 0 aliphatic rings. The number of nitrogen functional groups attached to an aromatic ring is 1. The standard InChI is InChI=1S/C14H26N4O3/c1-9(2)7-18-11(15)10(12(19)17(6)13(18)20)16(5)8-14(3,4)21/h9,21H,7-8,15H2,1-6H3. The van der Waals surface area contributed by atoms with Crippen molar-refractivity contribution >= 4 is 11.5 Å². The number of aromatic nitrogens is 2. The second-order valence-corrected chi connectivity index (χ2v) is 6.55. The van der Waals surface area contributed by atoms with Crippen molar-refractivity contribution in [3.63, 3.8) is 0 Å². The summed E-state index contributed by atoms with van der Waals surface area (Å²) >= 11 is 0. The van der Waals surface area contributed by atoms with Gasteiger partial charge >= 0.3 is 5.69 Å². The first kappa shape index (κ1) is 17.3. The average Bonchev–Trinajstić information content (AvgIpc) is 2.29. The maximum Gasteiger partial charge on any atom is 0.332 e. The Labute approximate surface area is 124 Å². The number of hydrogen-bond donors (Lipinski definition) is 2. The van der Waals surface area contributed by atoms with Gasteiger partial charge in [-0.15, -0.1) is 0 Å². The fourth-order valence-corrected chi connectivity index (χ4v) is 2.33. The third-order valence-electron chi connectivity index (χ3n) is 3.11. The van der Waals surface area contributed by atoms with Gasteiger partial charge in [-0.05, 0) is 19.8 Å². The van der Waals surface area contributed by atoms with Crippen LogP contribution in [0.5, 0.6) is 0 Å². The lowest BCUT2D eigenvalue weighted by molar-refractivity contribution is 0.0885. The lowest BCUT2D eigenvalue weighted by Gasteiger charge is -2.28. The van der Waals surface area contributed by atoms with E-state index in [1.165, 1.54) is 11.6 Å². The minimum absolute atomic E-state index is 0.142. The first-order valence-corrected chi connectivity index (χ1v) is 6.98. The molecule has 0 saturated heterocycles. The van der Waals surface area contributed by atoms with Crippen molar-refractivity contribution in [1.29, 1.82) is 0 Å². The molecule has 3 N–H and O–H groups in total. The molecule has 7 heteroatoms. The van der Waals surface area contributed by atoms with E-state index in [-0.39, 0.29) is 24.0 Å². The Morgan fingerprint density at radius 1 is 1.33 bits per heavy atom. The summed E-state index contributed by atoms with van der Waals surface area (Å²) in [7, 11) is 3.11. The van der Waals surface area contributed by atoms with E-state index >= 15 is 0 Å². The van der Waals surface area contributed by atoms with E-state index in [0.717, 1.165) is 4.57 Å². The number of likely N-dealkylation sites (N-methyl/N-ethyl adjacent to an activating group) is 1. The van der Waals surface area contributed by atoms with Crippen molar-refractivity contribution in [3.8, 4) is 0 Å². The summed E-state index contributed by atoms with van der Waals surface area (Å²) in [4.78, 5) is 26.1. The molecule has 0 spiro atoms. The Hall–Kier alpha value is -1.76. The van der Waals surface area contributed by atoms with E-state index in [1.807, 2.05) is 13.8 Å². The van der Waals surface area contributed by atoms with Crippen LogP contribution in [-0.4, -0.2) is 33.4 Å². The summed E-state index contributed by atoms with van der Waals surface area (Å²) < 4.78 is 2.46. The highest BCUT2D eigenvalue weighted by Crippen LogP contribution is 2.18. The summed E-state index contributed by atoms with van der Waals surface area (Å²) in [6.45, 7) is 7.89. The molecule has 0 unspecified atom stereocenters. The van der Waals surface area contributed by atoms with E-state index < -0.39 is 16.9 Å². The molecule has 1 aromatic rings. The van der Waals surface area contributed by atoms with Crippen LogP contribution in [0.4, 0.5) is 11.5 Å². The summed E-state index contributed by atoms with van der Waals surface area (Å²) in [6.07, 6.45) is 0. The number of nitrogens with zero attached hydrogens (tertiary/aromatic N) is 3. The Kier molecular flexibility index (Phi) is 4.88. The number of rotatable bonds is 5. The fourth-order valence-electron chi connectivity index (χ4n) is 2.33. The van der Waals surface area contributed by atoms with Crippen molar-refractivity contribution in [2.45, 2.75) is 39.8 Å². The molecule has 7 nitrogen and oxygen atoms in total. The molecule has 0 fully saturated rings. The Bertz CT molecular complexity index is 623. The predicted molar refractivity (Wildman–Crippen MR) is 84.8 cm³/mol. The van der Waals surface area contributed by atoms with Crippen molar-refractivity contribution in [1.82, 2.24) is 9.13 Å². The van der Waals surface area contributed by atoms with Crippen LogP contribution in [0.25, 0.3) is 0 Å². The Morgan fingerprint density at radius 3 is 2.29 bits per heavy atom. The molecule has 0 aliphatic carbocycles. The van der Waals surface area contributed by atoms with Crippen LogP contribution < -0.4 is 21.9 Å². The SMILES string of the molecule is CC(C)Cn1c(N)c(N(C)CC(C)(C)O)c(=O)n(C)c1=O. The van der Waals surface area contributed by atoms with Crippen molar-refractivity contribution in [2.75, 3.05) is 24.2 Å². The number of hydrogen-bond acceptors (Lipinski definition) is 5. The van der Waals surface area contributed by atoms with Crippen LogP contribution >= 0.6 is 0 Å². The third-order valence-corrected chi connectivity index (χ3v) is 3.11. The molecule has 1 heterocycles. The van der Waals surface area contributed by atoms with E-state index in [4.69, 9.17) is 5.73 Å². The van der Waals surface area contributed by atoms with Crippen molar-refractivity contribution < 1.29 is 5.11 Å². The monoisotopic (exact) mass is 298 g/mol. The molecular weight excluding hydrogens is 272 g/mol. The van der Waals surface area contributed by atoms with Gasteiger partial charge in [-0.2, -0.15) is 0 Å². The molecule has 0 aliphatic heterocycles. The van der Waals surface area contributed by atoms with Crippen LogP contribution in [0, 0.1) is 5.92 Å². The summed E-state index contributed by atoms with van der Waals surface area (Å²) in [5.41, 5.74) is 4.42. The highest BCUT2D eigenvalue weighted by atomic mass is 16.3. The molecule has 0 amide bonds. The molecule has 120 valence electrons. The molecular formula is C14H26N4O3. The maximum absolute atomic E-state index is 12.3. The van der Waals surface area contributed by atoms with Gasteiger partial charge in [0.05, 0.1) is 5.60 Å². The van der Waals surface area contributed by atoms with Gasteiger partial charge in [0, 0.05) is 27.2 Å². The smallest absolute Gasteiger partial charge is 0.332 e. The van der Waals surface area contributed by atoms with Crippen molar-refractivity contribution in [3.05, 3.63) is 20.8 Å². The first-order chi connectivity index (χ1) is 9.45.